The lowest BCUT2D eigenvalue weighted by Gasteiger charge is -2.19. The molecule has 0 radical (unpaired) electrons. The molecule has 0 unspecified atom stereocenters. The van der Waals surface area contributed by atoms with E-state index in [-0.39, 0.29) is 10.7 Å². The number of carbonyl (C=O) groups excluding carboxylic acids is 1. The van der Waals surface area contributed by atoms with Gasteiger partial charge in [0.05, 0.1) is 11.4 Å². The molecular weight excluding hydrogens is 340 g/mol. The van der Waals surface area contributed by atoms with E-state index in [1.165, 1.54) is 30.2 Å². The number of thioether (sulfide) groups is 1. The minimum atomic E-state index is -0.0327. The van der Waals surface area contributed by atoms with Crippen LogP contribution in [0.3, 0.4) is 0 Å². The molecule has 1 aromatic heterocycles. The third-order valence-corrected chi connectivity index (χ3v) is 5.18. The van der Waals surface area contributed by atoms with Crippen LogP contribution in [-0.2, 0) is 17.6 Å². The van der Waals surface area contributed by atoms with E-state index in [1.807, 2.05) is 12.1 Å². The van der Waals surface area contributed by atoms with E-state index in [4.69, 9.17) is 0 Å². The number of aryl methyl sites for hydroxylation is 1. The van der Waals surface area contributed by atoms with E-state index in [2.05, 4.69) is 62.3 Å². The Morgan fingerprint density at radius 2 is 1.85 bits per heavy atom. The molecule has 2 aromatic rings. The van der Waals surface area contributed by atoms with Crippen LogP contribution in [0.25, 0.3) is 0 Å². The third kappa shape index (κ3) is 6.49. The number of amides is 1. The van der Waals surface area contributed by atoms with Crippen molar-refractivity contribution in [2.45, 2.75) is 64.5 Å². The van der Waals surface area contributed by atoms with E-state index in [1.54, 1.807) is 6.20 Å². The van der Waals surface area contributed by atoms with Crippen LogP contribution in [0, 0.1) is 0 Å². The molecule has 26 heavy (non-hydrogen) atoms. The molecule has 0 aliphatic heterocycles. The fourth-order valence-electron chi connectivity index (χ4n) is 2.69. The molecule has 0 aliphatic carbocycles. The van der Waals surface area contributed by atoms with Crippen molar-refractivity contribution in [2.24, 2.45) is 0 Å². The van der Waals surface area contributed by atoms with Gasteiger partial charge in [-0.25, -0.2) is 0 Å². The van der Waals surface area contributed by atoms with Crippen molar-refractivity contribution in [3.05, 3.63) is 59.4 Å². The molecule has 2 rings (SSSR count). The van der Waals surface area contributed by atoms with Crippen LogP contribution in [-0.4, -0.2) is 10.2 Å². The average Bonchev–Trinajstić information content (AvgIpc) is 2.61. The van der Waals surface area contributed by atoms with E-state index < -0.39 is 0 Å². The zero-order chi connectivity index (χ0) is 19.0. The fraction of sp³-hybridized carbons (Fsp3) is 0.455. The summed E-state index contributed by atoms with van der Waals surface area (Å²) in [7, 11) is 0. The first-order valence-corrected chi connectivity index (χ1v) is 10.4. The van der Waals surface area contributed by atoms with Crippen molar-refractivity contribution in [2.75, 3.05) is 5.32 Å². The van der Waals surface area contributed by atoms with Crippen LogP contribution in [0.2, 0.25) is 0 Å². The normalized spacial score (nSPS) is 11.4. The molecule has 1 amide bonds. The molecule has 0 aliphatic rings. The molecule has 1 heterocycles. The van der Waals surface area contributed by atoms with Crippen LogP contribution >= 0.6 is 11.8 Å². The first kappa shape index (κ1) is 20.5. The largest absolute Gasteiger partial charge is 0.315 e. The van der Waals surface area contributed by atoms with Crippen LogP contribution in [0.15, 0.2) is 42.6 Å². The number of hydrogen-bond acceptors (Lipinski definition) is 3. The Bertz CT molecular complexity index is 705. The summed E-state index contributed by atoms with van der Waals surface area (Å²) >= 11 is 1.30. The predicted molar refractivity (Wildman–Crippen MR) is 113 cm³/mol. The van der Waals surface area contributed by atoms with Gasteiger partial charge in [0.25, 0.3) is 5.24 Å². The summed E-state index contributed by atoms with van der Waals surface area (Å²) in [5.74, 6) is 0.668. The topological polar surface area (TPSA) is 42.0 Å². The lowest BCUT2D eigenvalue weighted by atomic mass is 9.87. The molecule has 1 N–H and O–H groups in total. The van der Waals surface area contributed by atoms with Gasteiger partial charge in [0.2, 0.25) is 0 Å². The molecular formula is C22H30N2OS. The summed E-state index contributed by atoms with van der Waals surface area (Å²) in [5, 5.41) is 2.97. The number of aromatic nitrogens is 1. The second kappa shape index (κ2) is 9.77. The molecule has 4 heteroatoms. The lowest BCUT2D eigenvalue weighted by Crippen LogP contribution is -2.11. The zero-order valence-electron chi connectivity index (χ0n) is 16.3. The first-order valence-electron chi connectivity index (χ1n) is 9.37. The highest BCUT2D eigenvalue weighted by Crippen LogP contribution is 2.24. The smallest absolute Gasteiger partial charge is 0.283 e. The monoisotopic (exact) mass is 370 g/mol. The van der Waals surface area contributed by atoms with E-state index in [0.717, 1.165) is 29.8 Å². The van der Waals surface area contributed by atoms with Gasteiger partial charge in [-0.15, -0.1) is 0 Å². The summed E-state index contributed by atoms with van der Waals surface area (Å²) in [4.78, 5) is 16.7. The average molecular weight is 371 g/mol. The zero-order valence-corrected chi connectivity index (χ0v) is 17.2. The van der Waals surface area contributed by atoms with Gasteiger partial charge in [-0.05, 0) is 41.5 Å². The van der Waals surface area contributed by atoms with E-state index in [9.17, 15) is 4.79 Å². The number of pyridine rings is 1. The molecule has 0 atom stereocenters. The summed E-state index contributed by atoms with van der Waals surface area (Å²) in [6.07, 6.45) is 6.16. The number of rotatable bonds is 7. The van der Waals surface area contributed by atoms with Gasteiger partial charge >= 0.3 is 0 Å². The molecule has 0 saturated carbocycles. The minimum Gasteiger partial charge on any atom is -0.315 e. The first-order chi connectivity index (χ1) is 12.4. The Morgan fingerprint density at radius 3 is 2.50 bits per heavy atom. The van der Waals surface area contributed by atoms with Crippen LogP contribution < -0.4 is 5.32 Å². The van der Waals surface area contributed by atoms with E-state index in [0.29, 0.717) is 5.75 Å². The maximum Gasteiger partial charge on any atom is 0.283 e. The Hall–Kier alpha value is -1.81. The number of benzene rings is 1. The Balaban J connectivity index is 1.89. The van der Waals surface area contributed by atoms with Gasteiger partial charge in [0, 0.05) is 11.9 Å². The van der Waals surface area contributed by atoms with Crippen LogP contribution in [0.1, 0.15) is 63.8 Å². The quantitative estimate of drug-likeness (QED) is 0.560. The summed E-state index contributed by atoms with van der Waals surface area (Å²) in [5.41, 5.74) is 4.43. The summed E-state index contributed by atoms with van der Waals surface area (Å²) in [6.45, 7) is 8.80. The number of unbranched alkanes of at least 4 members (excludes halogenated alkanes) is 2. The molecule has 1 aromatic carbocycles. The number of nitrogens with zero attached hydrogens (tertiary/aromatic N) is 1. The summed E-state index contributed by atoms with van der Waals surface area (Å²) < 4.78 is 0. The summed E-state index contributed by atoms with van der Waals surface area (Å²) in [6, 6.07) is 12.3. The maximum atomic E-state index is 12.3. The minimum absolute atomic E-state index is 0.0327. The number of nitrogens with one attached hydrogen (secondary N) is 1. The SMILES string of the molecule is CCCCCc1ncccc1NC(=O)SCc1ccc(C(C)(C)C)cc1. The Morgan fingerprint density at radius 1 is 1.12 bits per heavy atom. The predicted octanol–water partition coefficient (Wildman–Crippen LogP) is 6.58. The maximum absolute atomic E-state index is 12.3. The van der Waals surface area contributed by atoms with Gasteiger partial charge in [-0.3, -0.25) is 9.78 Å². The van der Waals surface area contributed by atoms with Gasteiger partial charge < -0.3 is 5.32 Å². The molecule has 140 valence electrons. The molecule has 0 saturated heterocycles. The van der Waals surface area contributed by atoms with Gasteiger partial charge in [-0.1, -0.05) is 76.6 Å². The van der Waals surface area contributed by atoms with Gasteiger partial charge in [0.1, 0.15) is 0 Å². The standard InChI is InChI=1S/C22H30N2OS/c1-5-6-7-9-19-20(10-8-15-23-19)24-21(25)26-16-17-11-13-18(14-12-17)22(2,3)4/h8,10-15H,5-7,9,16H2,1-4H3,(H,24,25). The van der Waals surface area contributed by atoms with Gasteiger partial charge in [0.15, 0.2) is 0 Å². The highest BCUT2D eigenvalue weighted by molar-refractivity contribution is 8.13. The number of hydrogen-bond donors (Lipinski definition) is 1. The highest BCUT2D eigenvalue weighted by atomic mass is 32.2. The highest BCUT2D eigenvalue weighted by Gasteiger charge is 2.13. The third-order valence-electron chi connectivity index (χ3n) is 4.33. The molecule has 0 fully saturated rings. The lowest BCUT2D eigenvalue weighted by molar-refractivity contribution is 0.269. The molecule has 0 spiro atoms. The van der Waals surface area contributed by atoms with Crippen molar-refractivity contribution >= 4 is 22.7 Å². The van der Waals surface area contributed by atoms with Gasteiger partial charge in [-0.2, -0.15) is 0 Å². The number of carbonyl (C=O) groups is 1. The van der Waals surface area contributed by atoms with E-state index >= 15 is 0 Å². The van der Waals surface area contributed by atoms with Crippen molar-refractivity contribution in [3.8, 4) is 0 Å². The Kier molecular flexibility index (Phi) is 7.70. The fourth-order valence-corrected chi connectivity index (χ4v) is 3.36. The second-order valence-electron chi connectivity index (χ2n) is 7.60. The van der Waals surface area contributed by atoms with Crippen LogP contribution in [0.4, 0.5) is 10.5 Å². The molecule has 3 nitrogen and oxygen atoms in total. The van der Waals surface area contributed by atoms with Crippen molar-refractivity contribution < 1.29 is 4.79 Å². The number of anilines is 1. The Labute approximate surface area is 162 Å². The van der Waals surface area contributed by atoms with Crippen molar-refractivity contribution in [1.82, 2.24) is 4.98 Å². The van der Waals surface area contributed by atoms with Crippen molar-refractivity contribution in [3.63, 3.8) is 0 Å². The van der Waals surface area contributed by atoms with Crippen molar-refractivity contribution in [1.29, 1.82) is 0 Å². The molecule has 0 bridgehead atoms. The second-order valence-corrected chi connectivity index (χ2v) is 8.55. The van der Waals surface area contributed by atoms with Crippen LogP contribution in [0.5, 0.6) is 0 Å².